The molecule has 0 heterocycles. The summed E-state index contributed by atoms with van der Waals surface area (Å²) < 4.78 is 0. The number of aliphatic hydroxyl groups is 1. The third-order valence-electron chi connectivity index (χ3n) is 3.71. The Labute approximate surface area is 124 Å². The fourth-order valence-corrected chi connectivity index (χ4v) is 2.45. The van der Waals surface area contributed by atoms with Crippen LogP contribution in [0.25, 0.3) is 0 Å². The maximum Gasteiger partial charge on any atom is 0.0681 e. The van der Waals surface area contributed by atoms with E-state index in [2.05, 4.69) is 24.4 Å². The lowest BCUT2D eigenvalue weighted by molar-refractivity contribution is 0.281. The predicted molar refractivity (Wildman–Crippen MR) is 86.7 cm³/mol. The first kappa shape index (κ1) is 17.2. The van der Waals surface area contributed by atoms with Crippen molar-refractivity contribution < 1.29 is 5.11 Å². The molecule has 0 aliphatic carbocycles. The van der Waals surface area contributed by atoms with Crippen molar-refractivity contribution in [3.63, 3.8) is 0 Å². The van der Waals surface area contributed by atoms with Crippen LogP contribution in [0.3, 0.4) is 0 Å². The summed E-state index contributed by atoms with van der Waals surface area (Å²) in [4.78, 5) is 0. The third kappa shape index (κ3) is 8.34. The molecule has 2 heteroatoms. The first-order valence-corrected chi connectivity index (χ1v) is 8.26. The van der Waals surface area contributed by atoms with Crippen molar-refractivity contribution >= 4 is 0 Å². The summed E-state index contributed by atoms with van der Waals surface area (Å²) in [5.41, 5.74) is 2.26. The summed E-state index contributed by atoms with van der Waals surface area (Å²) >= 11 is 0. The van der Waals surface area contributed by atoms with Crippen LogP contribution in [0.15, 0.2) is 24.3 Å². The molecule has 0 amide bonds. The van der Waals surface area contributed by atoms with Gasteiger partial charge < -0.3 is 10.4 Å². The molecule has 0 atom stereocenters. The minimum absolute atomic E-state index is 0.131. The van der Waals surface area contributed by atoms with E-state index in [-0.39, 0.29) is 6.61 Å². The lowest BCUT2D eigenvalue weighted by Crippen LogP contribution is -2.14. The second kappa shape index (κ2) is 11.9. The topological polar surface area (TPSA) is 32.3 Å². The lowest BCUT2D eigenvalue weighted by atomic mass is 10.1. The third-order valence-corrected chi connectivity index (χ3v) is 3.71. The normalized spacial score (nSPS) is 10.9. The van der Waals surface area contributed by atoms with Gasteiger partial charge in [-0.15, -0.1) is 0 Å². The summed E-state index contributed by atoms with van der Waals surface area (Å²) in [6, 6.07) is 8.15. The quantitative estimate of drug-likeness (QED) is 0.555. The van der Waals surface area contributed by atoms with Gasteiger partial charge in [0.2, 0.25) is 0 Å². The number of rotatable bonds is 12. The van der Waals surface area contributed by atoms with Crippen LogP contribution in [-0.2, 0) is 13.2 Å². The first-order chi connectivity index (χ1) is 9.86. The average molecular weight is 277 g/mol. The maximum atomic E-state index is 9.09. The van der Waals surface area contributed by atoms with Crippen LogP contribution >= 0.6 is 0 Å². The van der Waals surface area contributed by atoms with E-state index in [4.69, 9.17) is 5.11 Å². The van der Waals surface area contributed by atoms with Gasteiger partial charge in [-0.1, -0.05) is 76.1 Å². The molecule has 0 saturated carbocycles. The molecule has 20 heavy (non-hydrogen) atoms. The zero-order chi connectivity index (χ0) is 14.5. The Morgan fingerprint density at radius 3 is 2.25 bits per heavy atom. The number of benzene rings is 1. The van der Waals surface area contributed by atoms with Crippen LogP contribution in [0.5, 0.6) is 0 Å². The molecular formula is C18H31NO. The molecule has 0 unspecified atom stereocenters. The van der Waals surface area contributed by atoms with Crippen molar-refractivity contribution in [1.29, 1.82) is 0 Å². The molecule has 0 fully saturated rings. The van der Waals surface area contributed by atoms with Crippen LogP contribution in [-0.4, -0.2) is 11.7 Å². The van der Waals surface area contributed by atoms with Crippen LogP contribution < -0.4 is 5.32 Å². The highest BCUT2D eigenvalue weighted by molar-refractivity contribution is 5.22. The van der Waals surface area contributed by atoms with Crippen molar-refractivity contribution in [3.05, 3.63) is 35.4 Å². The minimum Gasteiger partial charge on any atom is -0.392 e. The Hall–Kier alpha value is -0.860. The standard InChI is InChI=1S/C18H31NO/c1-2-3-4-5-6-7-8-9-13-19-15-17-11-10-12-18(14-17)16-20/h10-12,14,19-20H,2-9,13,15-16H2,1H3. The molecule has 0 radical (unpaired) electrons. The van der Waals surface area contributed by atoms with E-state index in [1.54, 1.807) is 0 Å². The summed E-state index contributed by atoms with van der Waals surface area (Å²) in [5.74, 6) is 0. The second-order valence-electron chi connectivity index (χ2n) is 5.63. The van der Waals surface area contributed by atoms with E-state index in [1.165, 1.54) is 56.9 Å². The van der Waals surface area contributed by atoms with Gasteiger partial charge in [-0.05, 0) is 24.1 Å². The van der Waals surface area contributed by atoms with Crippen molar-refractivity contribution in [2.45, 2.75) is 71.4 Å². The maximum absolute atomic E-state index is 9.09. The van der Waals surface area contributed by atoms with Gasteiger partial charge in [0.25, 0.3) is 0 Å². The highest BCUT2D eigenvalue weighted by atomic mass is 16.3. The van der Waals surface area contributed by atoms with Crippen LogP contribution in [0.1, 0.15) is 69.4 Å². The first-order valence-electron chi connectivity index (χ1n) is 8.26. The van der Waals surface area contributed by atoms with E-state index < -0.39 is 0 Å². The fourth-order valence-electron chi connectivity index (χ4n) is 2.45. The molecule has 0 bridgehead atoms. The highest BCUT2D eigenvalue weighted by Crippen LogP contribution is 2.08. The van der Waals surface area contributed by atoms with Gasteiger partial charge in [-0.25, -0.2) is 0 Å². The summed E-state index contributed by atoms with van der Waals surface area (Å²) in [5, 5.41) is 12.6. The SMILES string of the molecule is CCCCCCCCCCNCc1cccc(CO)c1. The van der Waals surface area contributed by atoms with Gasteiger partial charge in [0, 0.05) is 6.54 Å². The molecule has 0 aromatic heterocycles. The zero-order valence-electron chi connectivity index (χ0n) is 13.0. The lowest BCUT2D eigenvalue weighted by Gasteiger charge is -2.06. The van der Waals surface area contributed by atoms with Crippen LogP contribution in [0, 0.1) is 0 Å². The molecule has 2 nitrogen and oxygen atoms in total. The number of hydrogen-bond donors (Lipinski definition) is 2. The van der Waals surface area contributed by atoms with Gasteiger partial charge >= 0.3 is 0 Å². The van der Waals surface area contributed by atoms with Gasteiger partial charge in [0.1, 0.15) is 0 Å². The molecule has 2 N–H and O–H groups in total. The second-order valence-corrected chi connectivity index (χ2v) is 5.63. The zero-order valence-corrected chi connectivity index (χ0v) is 13.0. The number of unbranched alkanes of at least 4 members (excludes halogenated alkanes) is 7. The Morgan fingerprint density at radius 2 is 1.55 bits per heavy atom. The minimum atomic E-state index is 0.131. The Bertz CT molecular complexity index is 338. The van der Waals surface area contributed by atoms with E-state index in [1.807, 2.05) is 12.1 Å². The van der Waals surface area contributed by atoms with Crippen molar-refractivity contribution in [2.24, 2.45) is 0 Å². The monoisotopic (exact) mass is 277 g/mol. The van der Waals surface area contributed by atoms with E-state index in [0.717, 1.165) is 18.7 Å². The van der Waals surface area contributed by atoms with E-state index >= 15 is 0 Å². The van der Waals surface area contributed by atoms with Gasteiger partial charge in [-0.3, -0.25) is 0 Å². The van der Waals surface area contributed by atoms with E-state index in [0.29, 0.717) is 0 Å². The summed E-state index contributed by atoms with van der Waals surface area (Å²) in [7, 11) is 0. The van der Waals surface area contributed by atoms with Crippen molar-refractivity contribution in [3.8, 4) is 0 Å². The fraction of sp³-hybridized carbons (Fsp3) is 0.667. The Kier molecular flexibility index (Phi) is 10.3. The number of hydrogen-bond acceptors (Lipinski definition) is 2. The van der Waals surface area contributed by atoms with Gasteiger partial charge in [0.05, 0.1) is 6.61 Å². The molecule has 0 aliphatic heterocycles. The summed E-state index contributed by atoms with van der Waals surface area (Å²) in [6.07, 6.45) is 11.0. The van der Waals surface area contributed by atoms with Crippen molar-refractivity contribution in [1.82, 2.24) is 5.32 Å². The molecular weight excluding hydrogens is 246 g/mol. The predicted octanol–water partition coefficient (Wildman–Crippen LogP) is 4.41. The molecule has 0 aliphatic rings. The van der Waals surface area contributed by atoms with Crippen molar-refractivity contribution in [2.75, 3.05) is 6.54 Å². The smallest absolute Gasteiger partial charge is 0.0681 e. The van der Waals surface area contributed by atoms with Gasteiger partial charge in [0.15, 0.2) is 0 Å². The molecule has 0 saturated heterocycles. The summed E-state index contributed by atoms with van der Waals surface area (Å²) in [6.45, 7) is 4.40. The molecule has 114 valence electrons. The largest absolute Gasteiger partial charge is 0.392 e. The molecule has 1 rings (SSSR count). The molecule has 0 spiro atoms. The van der Waals surface area contributed by atoms with Gasteiger partial charge in [-0.2, -0.15) is 0 Å². The van der Waals surface area contributed by atoms with E-state index in [9.17, 15) is 0 Å². The number of nitrogens with one attached hydrogen (secondary N) is 1. The van der Waals surface area contributed by atoms with Crippen LogP contribution in [0.4, 0.5) is 0 Å². The van der Waals surface area contributed by atoms with Crippen LogP contribution in [0.2, 0.25) is 0 Å². The highest BCUT2D eigenvalue weighted by Gasteiger charge is 1.95. The average Bonchev–Trinajstić information content (AvgIpc) is 2.49. The molecule has 1 aromatic carbocycles. The molecule has 1 aromatic rings. The Balaban J connectivity index is 1.94. The Morgan fingerprint density at radius 1 is 0.900 bits per heavy atom. The number of aliphatic hydroxyl groups excluding tert-OH is 1.